The molecule has 0 spiro atoms. The Labute approximate surface area is 94.1 Å². The lowest BCUT2D eigenvalue weighted by atomic mass is 10.1. The van der Waals surface area contributed by atoms with Crippen LogP contribution in [0.25, 0.3) is 11.3 Å². The quantitative estimate of drug-likeness (QED) is 0.472. The zero-order valence-corrected chi connectivity index (χ0v) is 8.96. The third-order valence-electron chi connectivity index (χ3n) is 2.36. The van der Waals surface area contributed by atoms with E-state index < -0.39 is 0 Å². The lowest BCUT2D eigenvalue weighted by Crippen LogP contribution is -1.91. The van der Waals surface area contributed by atoms with E-state index in [1.165, 1.54) is 11.8 Å². The van der Waals surface area contributed by atoms with E-state index in [-0.39, 0.29) is 0 Å². The van der Waals surface area contributed by atoms with Gasteiger partial charge in [0.15, 0.2) is 0 Å². The molecule has 0 fully saturated rings. The molecule has 0 saturated heterocycles. The number of aromatic nitrogens is 1. The smallest absolute Gasteiger partial charge is 0.0790 e. The largest absolute Gasteiger partial charge is 0.411 e. The van der Waals surface area contributed by atoms with Crippen LogP contribution >= 0.6 is 0 Å². The molecule has 0 aliphatic heterocycles. The molecule has 1 N–H and O–H groups in total. The number of hydrogen-bond acceptors (Lipinski definition) is 3. The van der Waals surface area contributed by atoms with Crippen molar-refractivity contribution in [3.63, 3.8) is 0 Å². The van der Waals surface area contributed by atoms with Gasteiger partial charge >= 0.3 is 0 Å². The van der Waals surface area contributed by atoms with Crippen molar-refractivity contribution in [3.8, 4) is 11.3 Å². The highest BCUT2D eigenvalue weighted by atomic mass is 16.4. The lowest BCUT2D eigenvalue weighted by molar-refractivity contribution is 0.322. The van der Waals surface area contributed by atoms with E-state index in [9.17, 15) is 0 Å². The molecule has 2 rings (SSSR count). The van der Waals surface area contributed by atoms with Crippen LogP contribution in [0.3, 0.4) is 0 Å². The Kier molecular flexibility index (Phi) is 2.96. The van der Waals surface area contributed by atoms with Gasteiger partial charge in [-0.3, -0.25) is 4.98 Å². The predicted octanol–water partition coefficient (Wildman–Crippen LogP) is 2.87. The molecule has 1 aromatic carbocycles. The van der Waals surface area contributed by atoms with E-state index in [4.69, 9.17) is 5.21 Å². The second-order valence-electron chi connectivity index (χ2n) is 3.55. The Morgan fingerprint density at radius 2 is 1.94 bits per heavy atom. The fourth-order valence-corrected chi connectivity index (χ4v) is 1.54. The number of oxime groups is 1. The van der Waals surface area contributed by atoms with Gasteiger partial charge in [-0.25, -0.2) is 0 Å². The maximum absolute atomic E-state index is 8.58. The van der Waals surface area contributed by atoms with Crippen molar-refractivity contribution in [2.45, 2.75) is 6.92 Å². The Bertz CT molecular complexity index is 504. The highest BCUT2D eigenvalue weighted by Gasteiger charge is 2.03. The van der Waals surface area contributed by atoms with E-state index in [1.807, 2.05) is 43.3 Å². The van der Waals surface area contributed by atoms with Crippen LogP contribution in [-0.4, -0.2) is 16.4 Å². The summed E-state index contributed by atoms with van der Waals surface area (Å²) < 4.78 is 0. The van der Waals surface area contributed by atoms with Crippen LogP contribution < -0.4 is 0 Å². The molecule has 0 aliphatic carbocycles. The molecule has 16 heavy (non-hydrogen) atoms. The van der Waals surface area contributed by atoms with Crippen LogP contribution in [0.15, 0.2) is 47.8 Å². The minimum absolute atomic E-state index is 0.800. The van der Waals surface area contributed by atoms with Crippen LogP contribution in [-0.2, 0) is 0 Å². The fraction of sp³-hybridized carbons (Fsp3) is 0.0769. The molecule has 3 nitrogen and oxygen atoms in total. The predicted molar refractivity (Wildman–Crippen MR) is 63.8 cm³/mol. The van der Waals surface area contributed by atoms with Gasteiger partial charge in [0.2, 0.25) is 0 Å². The molecular formula is C13H12N2O. The Balaban J connectivity index is 2.51. The fourth-order valence-electron chi connectivity index (χ4n) is 1.54. The molecule has 2 aromatic rings. The zero-order valence-electron chi connectivity index (χ0n) is 8.96. The van der Waals surface area contributed by atoms with Gasteiger partial charge in [0.25, 0.3) is 0 Å². The Morgan fingerprint density at radius 1 is 1.19 bits per heavy atom. The van der Waals surface area contributed by atoms with Crippen molar-refractivity contribution < 1.29 is 5.21 Å². The van der Waals surface area contributed by atoms with Gasteiger partial charge in [0.05, 0.1) is 11.9 Å². The summed E-state index contributed by atoms with van der Waals surface area (Å²) in [6.07, 6.45) is 3.12. The van der Waals surface area contributed by atoms with Gasteiger partial charge in [-0.2, -0.15) is 0 Å². The van der Waals surface area contributed by atoms with Crippen molar-refractivity contribution in [1.82, 2.24) is 4.98 Å². The summed E-state index contributed by atoms with van der Waals surface area (Å²) in [5.41, 5.74) is 3.84. The maximum Gasteiger partial charge on any atom is 0.0790 e. The summed E-state index contributed by atoms with van der Waals surface area (Å²) in [6, 6.07) is 11.8. The molecule has 0 radical (unpaired) electrons. The minimum atomic E-state index is 0.800. The van der Waals surface area contributed by atoms with Gasteiger partial charge in [-0.15, -0.1) is 0 Å². The van der Waals surface area contributed by atoms with Gasteiger partial charge in [0, 0.05) is 17.3 Å². The van der Waals surface area contributed by atoms with E-state index in [0.717, 1.165) is 16.8 Å². The molecule has 0 atom stereocenters. The summed E-state index contributed by atoms with van der Waals surface area (Å²) in [5.74, 6) is 0. The van der Waals surface area contributed by atoms with Crippen LogP contribution in [0.1, 0.15) is 11.1 Å². The van der Waals surface area contributed by atoms with Crippen molar-refractivity contribution in [2.75, 3.05) is 0 Å². The maximum atomic E-state index is 8.58. The number of hydrogen-bond donors (Lipinski definition) is 1. The number of pyridine rings is 1. The van der Waals surface area contributed by atoms with Crippen molar-refractivity contribution >= 4 is 6.21 Å². The second-order valence-corrected chi connectivity index (χ2v) is 3.55. The third-order valence-corrected chi connectivity index (χ3v) is 2.36. The molecule has 0 aliphatic rings. The van der Waals surface area contributed by atoms with E-state index in [1.54, 1.807) is 6.20 Å². The normalized spacial score (nSPS) is 10.8. The van der Waals surface area contributed by atoms with Gasteiger partial charge < -0.3 is 5.21 Å². The topological polar surface area (TPSA) is 45.5 Å². The molecule has 80 valence electrons. The SMILES string of the molecule is Cc1ccc(-c2ncccc2C=NO)cc1. The third kappa shape index (κ3) is 2.08. The first-order valence-corrected chi connectivity index (χ1v) is 5.01. The highest BCUT2D eigenvalue weighted by Crippen LogP contribution is 2.20. The van der Waals surface area contributed by atoms with Gasteiger partial charge in [-0.1, -0.05) is 35.0 Å². The average molecular weight is 212 g/mol. The summed E-state index contributed by atoms with van der Waals surface area (Å²) in [6.45, 7) is 2.04. The summed E-state index contributed by atoms with van der Waals surface area (Å²) in [7, 11) is 0. The second kappa shape index (κ2) is 4.57. The summed E-state index contributed by atoms with van der Waals surface area (Å²) in [5, 5.41) is 11.6. The first kappa shape index (κ1) is 10.4. The monoisotopic (exact) mass is 212 g/mol. The van der Waals surface area contributed by atoms with Crippen molar-refractivity contribution in [1.29, 1.82) is 0 Å². The van der Waals surface area contributed by atoms with Crippen molar-refractivity contribution in [3.05, 3.63) is 53.7 Å². The molecule has 0 saturated carbocycles. The van der Waals surface area contributed by atoms with Gasteiger partial charge in [-0.05, 0) is 19.1 Å². The molecule has 1 aromatic heterocycles. The standard InChI is InChI=1S/C13H12N2O/c1-10-4-6-11(7-5-10)13-12(9-15-16)3-2-8-14-13/h2-9,16H,1H3. The molecule has 0 bridgehead atoms. The first-order valence-electron chi connectivity index (χ1n) is 5.01. The Hall–Kier alpha value is -2.16. The summed E-state index contributed by atoms with van der Waals surface area (Å²) in [4.78, 5) is 4.29. The average Bonchev–Trinajstić information content (AvgIpc) is 2.32. The number of rotatable bonds is 2. The molecular weight excluding hydrogens is 200 g/mol. The van der Waals surface area contributed by atoms with E-state index >= 15 is 0 Å². The first-order chi connectivity index (χ1) is 7.81. The highest BCUT2D eigenvalue weighted by molar-refractivity contribution is 5.88. The number of benzene rings is 1. The Morgan fingerprint density at radius 3 is 2.62 bits per heavy atom. The van der Waals surface area contributed by atoms with E-state index in [0.29, 0.717) is 0 Å². The molecule has 3 heteroatoms. The van der Waals surface area contributed by atoms with Crippen molar-refractivity contribution in [2.24, 2.45) is 5.16 Å². The summed E-state index contributed by atoms with van der Waals surface area (Å²) >= 11 is 0. The van der Waals surface area contributed by atoms with Crippen LogP contribution in [0.5, 0.6) is 0 Å². The number of aryl methyl sites for hydroxylation is 1. The van der Waals surface area contributed by atoms with Gasteiger partial charge in [0.1, 0.15) is 0 Å². The number of nitrogens with zero attached hydrogens (tertiary/aromatic N) is 2. The van der Waals surface area contributed by atoms with Crippen LogP contribution in [0.2, 0.25) is 0 Å². The lowest BCUT2D eigenvalue weighted by Gasteiger charge is -2.04. The van der Waals surface area contributed by atoms with Crippen LogP contribution in [0.4, 0.5) is 0 Å². The zero-order chi connectivity index (χ0) is 11.4. The molecule has 0 unspecified atom stereocenters. The molecule has 1 heterocycles. The minimum Gasteiger partial charge on any atom is -0.411 e. The van der Waals surface area contributed by atoms with Crippen LogP contribution in [0, 0.1) is 6.92 Å². The molecule has 0 amide bonds. The van der Waals surface area contributed by atoms with E-state index in [2.05, 4.69) is 10.1 Å².